The first-order valence-electron chi connectivity index (χ1n) is 7.58. The molecule has 3 heterocycles. The summed E-state index contributed by atoms with van der Waals surface area (Å²) in [5.41, 5.74) is 0. The Labute approximate surface area is 152 Å². The molecule has 0 atom stereocenters. The number of carbonyl (C=O) groups is 3. The molecule has 1 aliphatic heterocycles. The van der Waals surface area contributed by atoms with Gasteiger partial charge in [0.05, 0.1) is 11.1 Å². The van der Waals surface area contributed by atoms with Gasteiger partial charge in [-0.1, -0.05) is 6.07 Å². The Balaban J connectivity index is 1.68. The van der Waals surface area contributed by atoms with Crippen LogP contribution in [0.3, 0.4) is 0 Å². The molecule has 1 N–H and O–H groups in total. The molecule has 7 nitrogen and oxygen atoms in total. The Morgan fingerprint density at radius 1 is 1.36 bits per heavy atom. The normalized spacial score (nSPS) is 16.3. The first-order chi connectivity index (χ1) is 12.0. The molecule has 3 amide bonds. The Morgan fingerprint density at radius 2 is 2.16 bits per heavy atom. The fourth-order valence-electron chi connectivity index (χ4n) is 2.29. The van der Waals surface area contributed by atoms with E-state index in [1.165, 1.54) is 11.3 Å². The number of anilines is 1. The lowest BCUT2D eigenvalue weighted by molar-refractivity contribution is -0.127. The molecule has 0 aliphatic carbocycles. The van der Waals surface area contributed by atoms with Crippen LogP contribution in [0.4, 0.5) is 10.6 Å². The molecule has 9 heteroatoms. The average molecular weight is 376 g/mol. The van der Waals surface area contributed by atoms with Crippen molar-refractivity contribution in [2.24, 2.45) is 0 Å². The predicted molar refractivity (Wildman–Crippen MR) is 98.2 cm³/mol. The lowest BCUT2D eigenvalue weighted by Crippen LogP contribution is -2.36. The fourth-order valence-corrected chi connectivity index (χ4v) is 3.85. The van der Waals surface area contributed by atoms with Gasteiger partial charge in [0.1, 0.15) is 12.4 Å². The maximum atomic E-state index is 12.4. The van der Waals surface area contributed by atoms with Crippen LogP contribution in [-0.4, -0.2) is 38.3 Å². The number of amides is 3. The first kappa shape index (κ1) is 17.4. The highest BCUT2D eigenvalue weighted by Gasteiger charge is 2.36. The van der Waals surface area contributed by atoms with Crippen LogP contribution in [0.25, 0.3) is 6.08 Å². The molecular formula is C16H16N4O3S2. The highest BCUT2D eigenvalue weighted by Crippen LogP contribution is 2.32. The Kier molecular flexibility index (Phi) is 5.05. The number of thioether (sulfide) groups is 1. The van der Waals surface area contributed by atoms with E-state index in [9.17, 15) is 14.4 Å². The molecule has 25 heavy (non-hydrogen) atoms. The predicted octanol–water partition coefficient (Wildman–Crippen LogP) is 3.20. The standard InChI is InChI=1S/C16H16N4O3S2/c1-10(2)20-13(5-6-17-20)18-14(21)9-19-15(22)12(25-16(19)23)8-11-4-3-7-24-11/h3-8,10H,9H2,1-2H3,(H,18,21)/b12-8-. The van der Waals surface area contributed by atoms with Crippen molar-refractivity contribution in [2.75, 3.05) is 11.9 Å². The van der Waals surface area contributed by atoms with E-state index in [1.807, 2.05) is 31.4 Å². The monoisotopic (exact) mass is 376 g/mol. The van der Waals surface area contributed by atoms with Gasteiger partial charge in [0.2, 0.25) is 5.91 Å². The van der Waals surface area contributed by atoms with E-state index < -0.39 is 17.1 Å². The minimum absolute atomic E-state index is 0.0798. The van der Waals surface area contributed by atoms with Crippen LogP contribution in [0, 0.1) is 0 Å². The first-order valence-corrected chi connectivity index (χ1v) is 9.27. The smallest absolute Gasteiger partial charge is 0.294 e. The average Bonchev–Trinajstić information content (AvgIpc) is 3.26. The number of thiophene rings is 1. The van der Waals surface area contributed by atoms with Gasteiger partial charge in [-0.2, -0.15) is 5.10 Å². The number of nitrogens with zero attached hydrogens (tertiary/aromatic N) is 3. The summed E-state index contributed by atoms with van der Waals surface area (Å²) >= 11 is 2.32. The van der Waals surface area contributed by atoms with Crippen molar-refractivity contribution in [3.05, 3.63) is 39.6 Å². The fraction of sp³-hybridized carbons (Fsp3) is 0.250. The summed E-state index contributed by atoms with van der Waals surface area (Å²) in [6.07, 6.45) is 3.25. The van der Waals surface area contributed by atoms with E-state index in [1.54, 1.807) is 23.0 Å². The summed E-state index contributed by atoms with van der Waals surface area (Å²) in [4.78, 5) is 38.8. The van der Waals surface area contributed by atoms with Crippen LogP contribution in [0.15, 0.2) is 34.7 Å². The minimum atomic E-state index is -0.448. The van der Waals surface area contributed by atoms with Gasteiger partial charge in [0.25, 0.3) is 11.1 Å². The number of carbonyl (C=O) groups excluding carboxylic acids is 3. The van der Waals surface area contributed by atoms with E-state index in [0.717, 1.165) is 21.5 Å². The molecular weight excluding hydrogens is 360 g/mol. The van der Waals surface area contributed by atoms with E-state index >= 15 is 0 Å². The molecule has 0 spiro atoms. The van der Waals surface area contributed by atoms with Gasteiger partial charge in [-0.05, 0) is 43.1 Å². The molecule has 0 saturated carbocycles. The molecule has 1 fully saturated rings. The van der Waals surface area contributed by atoms with Crippen LogP contribution in [-0.2, 0) is 9.59 Å². The summed E-state index contributed by atoms with van der Waals surface area (Å²) in [6.45, 7) is 3.55. The summed E-state index contributed by atoms with van der Waals surface area (Å²) in [5.74, 6) is -0.362. The number of aromatic nitrogens is 2. The zero-order chi connectivity index (χ0) is 18.0. The summed E-state index contributed by atoms with van der Waals surface area (Å²) in [5, 5.41) is 8.26. The van der Waals surface area contributed by atoms with Gasteiger partial charge in [-0.25, -0.2) is 4.68 Å². The largest absolute Gasteiger partial charge is 0.309 e. The Morgan fingerprint density at radius 3 is 2.84 bits per heavy atom. The number of rotatable bonds is 5. The van der Waals surface area contributed by atoms with Gasteiger partial charge < -0.3 is 5.32 Å². The zero-order valence-corrected chi connectivity index (χ0v) is 15.3. The highest BCUT2D eigenvalue weighted by molar-refractivity contribution is 8.18. The van der Waals surface area contributed by atoms with Gasteiger partial charge >= 0.3 is 0 Å². The van der Waals surface area contributed by atoms with Crippen LogP contribution in [0.5, 0.6) is 0 Å². The van der Waals surface area contributed by atoms with Crippen molar-refractivity contribution < 1.29 is 14.4 Å². The van der Waals surface area contributed by atoms with Crippen molar-refractivity contribution in [1.82, 2.24) is 14.7 Å². The van der Waals surface area contributed by atoms with Gasteiger partial charge in [-0.3, -0.25) is 19.3 Å². The molecule has 0 radical (unpaired) electrons. The minimum Gasteiger partial charge on any atom is -0.309 e. The third-order valence-electron chi connectivity index (χ3n) is 3.42. The molecule has 1 aliphatic rings. The van der Waals surface area contributed by atoms with Crippen LogP contribution in [0.2, 0.25) is 0 Å². The Bertz CT molecular complexity index is 839. The summed E-state index contributed by atoms with van der Waals surface area (Å²) < 4.78 is 1.66. The summed E-state index contributed by atoms with van der Waals surface area (Å²) in [7, 11) is 0. The second kappa shape index (κ2) is 7.24. The van der Waals surface area contributed by atoms with E-state index in [2.05, 4.69) is 10.4 Å². The van der Waals surface area contributed by atoms with Crippen LogP contribution < -0.4 is 5.32 Å². The maximum absolute atomic E-state index is 12.4. The Hall–Kier alpha value is -2.39. The van der Waals surface area contributed by atoms with Crippen molar-refractivity contribution >= 4 is 52.0 Å². The molecule has 1 saturated heterocycles. The third-order valence-corrected chi connectivity index (χ3v) is 5.15. The third kappa shape index (κ3) is 3.83. The van der Waals surface area contributed by atoms with E-state index in [0.29, 0.717) is 10.7 Å². The van der Waals surface area contributed by atoms with Crippen molar-refractivity contribution in [2.45, 2.75) is 19.9 Å². The van der Waals surface area contributed by atoms with Crippen LogP contribution >= 0.6 is 23.1 Å². The zero-order valence-electron chi connectivity index (χ0n) is 13.6. The lowest BCUT2D eigenvalue weighted by atomic mass is 10.3. The van der Waals surface area contributed by atoms with Crippen molar-refractivity contribution in [3.8, 4) is 0 Å². The number of imide groups is 1. The quantitative estimate of drug-likeness (QED) is 0.810. The molecule has 130 valence electrons. The van der Waals surface area contributed by atoms with E-state index in [4.69, 9.17) is 0 Å². The van der Waals surface area contributed by atoms with Gasteiger partial charge in [0.15, 0.2) is 0 Å². The second-order valence-corrected chi connectivity index (χ2v) is 7.56. The number of nitrogens with one attached hydrogen (secondary N) is 1. The van der Waals surface area contributed by atoms with Gasteiger partial charge in [-0.15, -0.1) is 11.3 Å². The van der Waals surface area contributed by atoms with Crippen LogP contribution in [0.1, 0.15) is 24.8 Å². The van der Waals surface area contributed by atoms with Crippen molar-refractivity contribution in [3.63, 3.8) is 0 Å². The molecule has 2 aromatic rings. The molecule has 0 aromatic carbocycles. The number of hydrogen-bond donors (Lipinski definition) is 1. The number of hydrogen-bond acceptors (Lipinski definition) is 6. The molecule has 0 bridgehead atoms. The van der Waals surface area contributed by atoms with E-state index in [-0.39, 0.29) is 12.6 Å². The topological polar surface area (TPSA) is 84.3 Å². The highest BCUT2D eigenvalue weighted by atomic mass is 32.2. The van der Waals surface area contributed by atoms with Gasteiger partial charge in [0, 0.05) is 17.0 Å². The SMILES string of the molecule is CC(C)n1nccc1NC(=O)CN1C(=O)S/C(=C\c2cccs2)C1=O. The maximum Gasteiger partial charge on any atom is 0.294 e. The second-order valence-electron chi connectivity index (χ2n) is 5.59. The molecule has 0 unspecified atom stereocenters. The molecule has 2 aromatic heterocycles. The lowest BCUT2D eigenvalue weighted by Gasteiger charge is -2.14. The molecule has 3 rings (SSSR count). The van der Waals surface area contributed by atoms with Crippen molar-refractivity contribution in [1.29, 1.82) is 0 Å². The summed E-state index contributed by atoms with van der Waals surface area (Å²) in [6, 6.07) is 5.48.